The number of nitrogens with zero attached hydrogens (tertiary/aromatic N) is 3. The van der Waals surface area contributed by atoms with E-state index in [2.05, 4.69) is 25.3 Å². The third-order valence-corrected chi connectivity index (χ3v) is 3.32. The molecular formula is C13H9N5O2S. The predicted molar refractivity (Wildman–Crippen MR) is 78.2 cm³/mol. The van der Waals surface area contributed by atoms with Crippen molar-refractivity contribution in [2.24, 2.45) is 0 Å². The van der Waals surface area contributed by atoms with Crippen molar-refractivity contribution in [1.82, 2.24) is 19.9 Å². The molecule has 0 radical (unpaired) electrons. The molecule has 0 atom stereocenters. The number of aromatic amines is 1. The van der Waals surface area contributed by atoms with Gasteiger partial charge in [0.1, 0.15) is 11.4 Å². The van der Waals surface area contributed by atoms with Crippen molar-refractivity contribution < 1.29 is 4.79 Å². The van der Waals surface area contributed by atoms with E-state index in [1.165, 1.54) is 17.7 Å². The van der Waals surface area contributed by atoms with Crippen molar-refractivity contribution in [2.45, 2.75) is 0 Å². The quantitative estimate of drug-likeness (QED) is 0.764. The van der Waals surface area contributed by atoms with Crippen LogP contribution in [0.4, 0.5) is 5.13 Å². The minimum absolute atomic E-state index is 0.0355. The van der Waals surface area contributed by atoms with Crippen LogP contribution in [-0.4, -0.2) is 25.8 Å². The van der Waals surface area contributed by atoms with Gasteiger partial charge >= 0.3 is 0 Å². The summed E-state index contributed by atoms with van der Waals surface area (Å²) in [5.41, 5.74) is 1.05. The fourth-order valence-electron chi connectivity index (χ4n) is 1.62. The summed E-state index contributed by atoms with van der Waals surface area (Å²) in [6.45, 7) is 0. The first-order valence-corrected chi connectivity index (χ1v) is 6.83. The Morgan fingerprint density at radius 3 is 2.90 bits per heavy atom. The number of pyridine rings is 1. The Bertz CT molecular complexity index is 828. The lowest BCUT2D eigenvalue weighted by molar-refractivity contribution is 0.102. The number of thiazole rings is 1. The van der Waals surface area contributed by atoms with Gasteiger partial charge in [-0.25, -0.2) is 9.97 Å². The summed E-state index contributed by atoms with van der Waals surface area (Å²) in [6.07, 6.45) is 2.85. The van der Waals surface area contributed by atoms with Crippen LogP contribution in [0.3, 0.4) is 0 Å². The van der Waals surface area contributed by atoms with Gasteiger partial charge in [-0.1, -0.05) is 6.07 Å². The lowest BCUT2D eigenvalue weighted by atomic mass is 10.3. The van der Waals surface area contributed by atoms with Crippen molar-refractivity contribution in [3.05, 3.63) is 58.2 Å². The van der Waals surface area contributed by atoms with Crippen molar-refractivity contribution in [3.63, 3.8) is 0 Å². The number of carbonyl (C=O) groups excluding carboxylic acids is 1. The molecule has 0 spiro atoms. The molecule has 7 nitrogen and oxygen atoms in total. The molecule has 1 amide bonds. The summed E-state index contributed by atoms with van der Waals surface area (Å²) in [4.78, 5) is 37.7. The van der Waals surface area contributed by atoms with Crippen LogP contribution in [0.2, 0.25) is 0 Å². The van der Waals surface area contributed by atoms with Gasteiger partial charge in [0.05, 0.1) is 12.0 Å². The number of nitrogens with one attached hydrogen (secondary N) is 2. The molecule has 0 aliphatic carbocycles. The molecule has 8 heteroatoms. The smallest absolute Gasteiger partial charge is 0.276 e. The summed E-state index contributed by atoms with van der Waals surface area (Å²) in [7, 11) is 0. The number of hydrogen-bond donors (Lipinski definition) is 2. The summed E-state index contributed by atoms with van der Waals surface area (Å²) >= 11 is 1.27. The van der Waals surface area contributed by atoms with Gasteiger partial charge in [0.2, 0.25) is 0 Å². The molecule has 2 N–H and O–H groups in total. The second-order valence-corrected chi connectivity index (χ2v) is 4.86. The zero-order valence-electron chi connectivity index (χ0n) is 10.6. The monoisotopic (exact) mass is 299 g/mol. The molecule has 3 aromatic rings. The topological polar surface area (TPSA) is 101 Å². The molecular weight excluding hydrogens is 290 g/mol. The second kappa shape index (κ2) is 5.63. The number of rotatable bonds is 3. The van der Waals surface area contributed by atoms with Crippen LogP contribution in [0, 0.1) is 0 Å². The maximum atomic E-state index is 11.9. The number of aromatic nitrogens is 4. The molecule has 21 heavy (non-hydrogen) atoms. The summed E-state index contributed by atoms with van der Waals surface area (Å²) in [6, 6.07) is 6.64. The molecule has 3 heterocycles. The minimum Gasteiger partial charge on any atom is -0.313 e. The molecule has 0 aliphatic rings. The van der Waals surface area contributed by atoms with Crippen molar-refractivity contribution >= 4 is 22.4 Å². The van der Waals surface area contributed by atoms with E-state index in [-0.39, 0.29) is 11.3 Å². The maximum Gasteiger partial charge on any atom is 0.276 e. The van der Waals surface area contributed by atoms with Crippen LogP contribution in [0.15, 0.2) is 47.0 Å². The highest BCUT2D eigenvalue weighted by atomic mass is 32.1. The number of H-pyrrole nitrogens is 1. The second-order valence-electron chi connectivity index (χ2n) is 4.00. The van der Waals surface area contributed by atoms with E-state index in [4.69, 9.17) is 0 Å². The molecule has 104 valence electrons. The molecule has 0 bridgehead atoms. The van der Waals surface area contributed by atoms with Crippen LogP contribution in [0.1, 0.15) is 10.5 Å². The van der Waals surface area contributed by atoms with E-state index in [1.807, 2.05) is 18.2 Å². The van der Waals surface area contributed by atoms with E-state index in [0.29, 0.717) is 10.8 Å². The lowest BCUT2D eigenvalue weighted by Gasteiger charge is -1.99. The highest BCUT2D eigenvalue weighted by Gasteiger charge is 2.11. The van der Waals surface area contributed by atoms with Gasteiger partial charge in [0.15, 0.2) is 5.13 Å². The van der Waals surface area contributed by atoms with Crippen LogP contribution in [-0.2, 0) is 0 Å². The summed E-state index contributed by atoms with van der Waals surface area (Å²) in [5, 5.41) is 4.82. The highest BCUT2D eigenvalue weighted by Crippen LogP contribution is 2.23. The first-order chi connectivity index (χ1) is 10.2. The third-order valence-electron chi connectivity index (χ3n) is 2.56. The average molecular weight is 299 g/mol. The van der Waals surface area contributed by atoms with Gasteiger partial charge in [0.25, 0.3) is 11.5 Å². The normalized spacial score (nSPS) is 10.3. The molecule has 0 unspecified atom stereocenters. The molecule has 3 aromatic heterocycles. The molecule has 0 fully saturated rings. The lowest BCUT2D eigenvalue weighted by Crippen LogP contribution is -2.17. The van der Waals surface area contributed by atoms with Crippen molar-refractivity contribution in [3.8, 4) is 11.4 Å². The van der Waals surface area contributed by atoms with Gasteiger partial charge in [-0.3, -0.25) is 19.9 Å². The van der Waals surface area contributed by atoms with Gasteiger partial charge in [-0.2, -0.15) is 0 Å². The average Bonchev–Trinajstić information content (AvgIpc) is 2.97. The van der Waals surface area contributed by atoms with Crippen LogP contribution < -0.4 is 10.9 Å². The Labute approximate surface area is 122 Å². The third kappa shape index (κ3) is 3.00. The fraction of sp³-hybridized carbons (Fsp3) is 0. The Balaban J connectivity index is 1.79. The van der Waals surface area contributed by atoms with Crippen molar-refractivity contribution in [1.29, 1.82) is 0 Å². The first-order valence-electron chi connectivity index (χ1n) is 5.95. The zero-order chi connectivity index (χ0) is 14.7. The molecule has 0 aromatic carbocycles. The van der Waals surface area contributed by atoms with E-state index >= 15 is 0 Å². The van der Waals surface area contributed by atoms with Gasteiger partial charge < -0.3 is 4.98 Å². The van der Waals surface area contributed by atoms with Crippen LogP contribution in [0.5, 0.6) is 0 Å². The predicted octanol–water partition coefficient (Wildman–Crippen LogP) is 1.54. The first kappa shape index (κ1) is 13.1. The molecule has 0 saturated heterocycles. The molecule has 0 aliphatic heterocycles. The van der Waals surface area contributed by atoms with E-state index in [0.717, 1.165) is 11.8 Å². The van der Waals surface area contributed by atoms with Crippen LogP contribution >= 0.6 is 11.3 Å². The van der Waals surface area contributed by atoms with E-state index in [1.54, 1.807) is 11.6 Å². The van der Waals surface area contributed by atoms with Gasteiger partial charge in [-0.15, -0.1) is 11.3 Å². The zero-order valence-corrected chi connectivity index (χ0v) is 11.4. The Morgan fingerprint density at radius 1 is 1.24 bits per heavy atom. The van der Waals surface area contributed by atoms with E-state index in [9.17, 15) is 9.59 Å². The SMILES string of the molecule is O=C(Nc1nc(-c2ccccn2)cs1)c1cc(=O)[nH]cn1. The summed E-state index contributed by atoms with van der Waals surface area (Å²) in [5.74, 6) is -0.483. The Morgan fingerprint density at radius 2 is 2.14 bits per heavy atom. The maximum absolute atomic E-state index is 11.9. The van der Waals surface area contributed by atoms with Crippen molar-refractivity contribution in [2.75, 3.05) is 5.32 Å². The van der Waals surface area contributed by atoms with Crippen LogP contribution in [0.25, 0.3) is 11.4 Å². The minimum atomic E-state index is -0.483. The van der Waals surface area contributed by atoms with Gasteiger partial charge in [0, 0.05) is 17.6 Å². The molecule has 3 rings (SSSR count). The molecule has 0 saturated carbocycles. The standard InChI is InChI=1S/C13H9N5O2S/c19-11-5-9(15-7-16-11)12(20)18-13-17-10(6-21-13)8-3-1-2-4-14-8/h1-7H,(H,15,16,19)(H,17,18,20). The number of hydrogen-bond acceptors (Lipinski definition) is 6. The largest absolute Gasteiger partial charge is 0.313 e. The Hall–Kier alpha value is -2.87. The Kier molecular flexibility index (Phi) is 3.52. The number of carbonyl (C=O) groups is 1. The number of anilines is 1. The highest BCUT2D eigenvalue weighted by molar-refractivity contribution is 7.14. The fourth-order valence-corrected chi connectivity index (χ4v) is 2.32. The number of amides is 1. The summed E-state index contributed by atoms with van der Waals surface area (Å²) < 4.78 is 0. The van der Waals surface area contributed by atoms with E-state index < -0.39 is 5.91 Å². The van der Waals surface area contributed by atoms with Gasteiger partial charge in [-0.05, 0) is 12.1 Å².